The third-order valence-corrected chi connectivity index (χ3v) is 4.58. The van der Waals surface area contributed by atoms with E-state index in [4.69, 9.17) is 4.98 Å². The zero-order valence-corrected chi connectivity index (χ0v) is 11.8. The van der Waals surface area contributed by atoms with Crippen molar-refractivity contribution in [2.45, 2.75) is 50.6 Å². The van der Waals surface area contributed by atoms with Crippen molar-refractivity contribution >= 4 is 0 Å². The lowest BCUT2D eigenvalue weighted by atomic mass is 10.0. The third kappa shape index (κ3) is 1.95. The molecule has 2 N–H and O–H groups in total. The molecule has 0 amide bonds. The van der Waals surface area contributed by atoms with E-state index in [1.54, 1.807) is 6.33 Å². The summed E-state index contributed by atoms with van der Waals surface area (Å²) in [6, 6.07) is 0.221. The summed E-state index contributed by atoms with van der Waals surface area (Å²) in [5, 5.41) is 8.18. The van der Waals surface area contributed by atoms with Gasteiger partial charge >= 0.3 is 0 Å². The first kappa shape index (κ1) is 12.1. The van der Waals surface area contributed by atoms with Crippen LogP contribution in [0.2, 0.25) is 0 Å². The Morgan fingerprint density at radius 2 is 2.15 bits per heavy atom. The minimum Gasteiger partial charge on any atom is -0.347 e. The first-order chi connectivity index (χ1) is 9.81. The molecule has 2 aliphatic rings. The fourth-order valence-electron chi connectivity index (χ4n) is 3.43. The predicted molar refractivity (Wildman–Crippen MR) is 74.1 cm³/mol. The number of hydrogen-bond acceptors (Lipinski definition) is 4. The van der Waals surface area contributed by atoms with Crippen LogP contribution in [0.1, 0.15) is 60.7 Å². The number of aryl methyl sites for hydroxylation is 1. The molecule has 106 valence electrons. The van der Waals surface area contributed by atoms with Crippen LogP contribution in [0.5, 0.6) is 0 Å². The summed E-state index contributed by atoms with van der Waals surface area (Å²) in [5.74, 6) is 2.65. The highest BCUT2D eigenvalue weighted by Crippen LogP contribution is 2.33. The summed E-state index contributed by atoms with van der Waals surface area (Å²) in [5.41, 5.74) is 2.35. The lowest BCUT2D eigenvalue weighted by Gasteiger charge is -2.21. The van der Waals surface area contributed by atoms with Gasteiger partial charge in [0.2, 0.25) is 0 Å². The second-order valence-corrected chi connectivity index (χ2v) is 5.90. The zero-order valence-electron chi connectivity index (χ0n) is 11.8. The van der Waals surface area contributed by atoms with Crippen molar-refractivity contribution in [3.8, 4) is 0 Å². The Bertz CT molecular complexity index is 607. The highest BCUT2D eigenvalue weighted by molar-refractivity contribution is 5.19. The van der Waals surface area contributed by atoms with E-state index in [9.17, 15) is 0 Å². The van der Waals surface area contributed by atoms with E-state index in [1.165, 1.54) is 31.4 Å². The molecule has 2 aromatic heterocycles. The molecule has 1 aliphatic carbocycles. The van der Waals surface area contributed by atoms with E-state index in [2.05, 4.69) is 20.4 Å². The standard InChI is InChI=1S/C14H20N6/c1-20-14(18-13(19-20)9-4-2-3-5-9)11-6-10-12(7-15-11)17-8-16-10/h8-9,11,15H,2-7H2,1H3,(H,16,17). The Morgan fingerprint density at radius 3 is 3.00 bits per heavy atom. The van der Waals surface area contributed by atoms with E-state index in [-0.39, 0.29) is 6.04 Å². The van der Waals surface area contributed by atoms with Gasteiger partial charge in [0.25, 0.3) is 0 Å². The molecule has 2 aromatic rings. The Hall–Kier alpha value is -1.69. The minimum absolute atomic E-state index is 0.221. The number of imidazole rings is 1. The molecule has 6 nitrogen and oxygen atoms in total. The number of H-pyrrole nitrogens is 1. The molecule has 20 heavy (non-hydrogen) atoms. The predicted octanol–water partition coefficient (Wildman–Crippen LogP) is 1.58. The molecular weight excluding hydrogens is 252 g/mol. The smallest absolute Gasteiger partial charge is 0.154 e. The largest absolute Gasteiger partial charge is 0.347 e. The summed E-state index contributed by atoms with van der Waals surface area (Å²) < 4.78 is 1.95. The molecule has 1 saturated carbocycles. The van der Waals surface area contributed by atoms with Crippen molar-refractivity contribution in [1.29, 1.82) is 0 Å². The van der Waals surface area contributed by atoms with Crippen molar-refractivity contribution in [3.05, 3.63) is 29.4 Å². The summed E-state index contributed by atoms with van der Waals surface area (Å²) in [6.07, 6.45) is 7.77. The van der Waals surface area contributed by atoms with E-state index < -0.39 is 0 Å². The quantitative estimate of drug-likeness (QED) is 0.870. The average Bonchev–Trinajstić information content (AvgIpc) is 3.17. The lowest BCUT2D eigenvalue weighted by molar-refractivity contribution is 0.450. The maximum Gasteiger partial charge on any atom is 0.154 e. The number of nitrogens with zero attached hydrogens (tertiary/aromatic N) is 4. The van der Waals surface area contributed by atoms with Crippen molar-refractivity contribution in [1.82, 2.24) is 30.0 Å². The number of aromatic amines is 1. The summed E-state index contributed by atoms with van der Waals surface area (Å²) >= 11 is 0. The van der Waals surface area contributed by atoms with Crippen molar-refractivity contribution in [2.75, 3.05) is 0 Å². The molecule has 0 aromatic carbocycles. The third-order valence-electron chi connectivity index (χ3n) is 4.58. The maximum absolute atomic E-state index is 4.82. The van der Waals surface area contributed by atoms with Gasteiger partial charge in [-0.05, 0) is 12.8 Å². The van der Waals surface area contributed by atoms with Gasteiger partial charge in [0.15, 0.2) is 5.82 Å². The minimum atomic E-state index is 0.221. The molecule has 0 saturated heterocycles. The number of hydrogen-bond donors (Lipinski definition) is 2. The van der Waals surface area contributed by atoms with E-state index in [0.717, 1.165) is 30.3 Å². The first-order valence-corrected chi connectivity index (χ1v) is 7.46. The fraction of sp³-hybridized carbons (Fsp3) is 0.643. The van der Waals surface area contributed by atoms with Crippen LogP contribution >= 0.6 is 0 Å². The van der Waals surface area contributed by atoms with Gasteiger partial charge in [0.05, 0.1) is 23.8 Å². The van der Waals surface area contributed by atoms with Crippen LogP contribution in [0.25, 0.3) is 0 Å². The highest BCUT2D eigenvalue weighted by Gasteiger charge is 2.28. The zero-order chi connectivity index (χ0) is 13.5. The molecule has 0 spiro atoms. The summed E-state index contributed by atoms with van der Waals surface area (Å²) in [6.45, 7) is 0.825. The SMILES string of the molecule is Cn1nc(C2CCCC2)nc1C1Cc2nc[nH]c2CN1. The molecule has 0 radical (unpaired) electrons. The van der Waals surface area contributed by atoms with Crippen LogP contribution in [0.15, 0.2) is 6.33 Å². The average molecular weight is 272 g/mol. The van der Waals surface area contributed by atoms with Gasteiger partial charge in [-0.3, -0.25) is 4.68 Å². The Labute approximate surface area is 118 Å². The van der Waals surface area contributed by atoms with Crippen molar-refractivity contribution in [3.63, 3.8) is 0 Å². The van der Waals surface area contributed by atoms with Gasteiger partial charge in [-0.2, -0.15) is 5.10 Å². The van der Waals surface area contributed by atoms with Crippen LogP contribution in [0.4, 0.5) is 0 Å². The molecule has 4 rings (SSSR count). The van der Waals surface area contributed by atoms with Gasteiger partial charge in [-0.25, -0.2) is 9.97 Å². The van der Waals surface area contributed by atoms with Gasteiger partial charge in [0, 0.05) is 25.9 Å². The van der Waals surface area contributed by atoms with Crippen LogP contribution in [0, 0.1) is 0 Å². The van der Waals surface area contributed by atoms with E-state index in [1.807, 2.05) is 11.7 Å². The topological polar surface area (TPSA) is 71.4 Å². The van der Waals surface area contributed by atoms with Gasteiger partial charge in [-0.15, -0.1) is 0 Å². The second-order valence-electron chi connectivity index (χ2n) is 5.90. The molecule has 1 aliphatic heterocycles. The van der Waals surface area contributed by atoms with Crippen molar-refractivity contribution < 1.29 is 0 Å². The van der Waals surface area contributed by atoms with E-state index in [0.29, 0.717) is 5.92 Å². The molecule has 6 heteroatoms. The fourth-order valence-corrected chi connectivity index (χ4v) is 3.43. The molecule has 1 fully saturated rings. The Balaban J connectivity index is 1.59. The van der Waals surface area contributed by atoms with Gasteiger partial charge in [0.1, 0.15) is 5.82 Å². The highest BCUT2D eigenvalue weighted by atomic mass is 15.3. The normalized spacial score (nSPS) is 23.1. The van der Waals surface area contributed by atoms with Crippen molar-refractivity contribution in [2.24, 2.45) is 7.05 Å². The number of fused-ring (bicyclic) bond motifs is 1. The number of nitrogens with one attached hydrogen (secondary N) is 2. The first-order valence-electron chi connectivity index (χ1n) is 7.46. The summed E-state index contributed by atoms with van der Waals surface area (Å²) in [7, 11) is 2.00. The number of aromatic nitrogens is 5. The molecule has 1 unspecified atom stereocenters. The summed E-state index contributed by atoms with van der Waals surface area (Å²) in [4.78, 5) is 12.4. The monoisotopic (exact) mass is 272 g/mol. The molecule has 3 heterocycles. The van der Waals surface area contributed by atoms with E-state index >= 15 is 0 Å². The molecule has 0 bridgehead atoms. The Morgan fingerprint density at radius 1 is 1.30 bits per heavy atom. The maximum atomic E-state index is 4.82. The van der Waals surface area contributed by atoms with Crippen LogP contribution < -0.4 is 5.32 Å². The van der Waals surface area contributed by atoms with Crippen LogP contribution in [-0.4, -0.2) is 24.7 Å². The van der Waals surface area contributed by atoms with Gasteiger partial charge < -0.3 is 10.3 Å². The van der Waals surface area contributed by atoms with Gasteiger partial charge in [-0.1, -0.05) is 12.8 Å². The van der Waals surface area contributed by atoms with Crippen LogP contribution in [0.3, 0.4) is 0 Å². The number of rotatable bonds is 2. The second kappa shape index (κ2) is 4.70. The van der Waals surface area contributed by atoms with Crippen LogP contribution in [-0.2, 0) is 20.0 Å². The lowest BCUT2D eigenvalue weighted by Crippen LogP contribution is -2.30. The molecular formula is C14H20N6. The molecule has 1 atom stereocenters. The Kier molecular flexibility index (Phi) is 2.84.